The normalized spacial score (nSPS) is 10.7. The zero-order chi connectivity index (χ0) is 7.84. The van der Waals surface area contributed by atoms with Crippen molar-refractivity contribution < 1.29 is 4.39 Å². The van der Waals surface area contributed by atoms with E-state index in [1.807, 2.05) is 6.92 Å². The van der Waals surface area contributed by atoms with E-state index in [-0.39, 0.29) is 5.82 Å². The molecule has 0 aliphatic heterocycles. The molecule has 0 saturated heterocycles. The smallest absolute Gasteiger partial charge is 0.156 e. The molecule has 56 valence electrons. The number of fused-ring (bicyclic) bond motifs is 1. The van der Waals surface area contributed by atoms with Crippen molar-refractivity contribution in [2.45, 2.75) is 6.92 Å². The van der Waals surface area contributed by atoms with Gasteiger partial charge in [0.15, 0.2) is 5.65 Å². The third kappa shape index (κ3) is 0.960. The Kier molecular flexibility index (Phi) is 1.15. The largest absolute Gasteiger partial charge is 0.232 e. The molecule has 0 spiro atoms. The van der Waals surface area contributed by atoms with Gasteiger partial charge in [-0.05, 0) is 6.92 Å². The van der Waals surface area contributed by atoms with E-state index in [2.05, 4.69) is 10.1 Å². The summed E-state index contributed by atoms with van der Waals surface area (Å²) in [6.07, 6.45) is 2.91. The number of rotatable bonds is 0. The number of hydrogen-bond acceptors (Lipinski definition) is 2. The van der Waals surface area contributed by atoms with E-state index in [9.17, 15) is 4.39 Å². The number of halogens is 1. The molecule has 0 saturated carbocycles. The summed E-state index contributed by atoms with van der Waals surface area (Å²) in [6, 6.07) is 1.35. The summed E-state index contributed by atoms with van der Waals surface area (Å²) in [6.45, 7) is 1.84. The molecule has 0 atom stereocenters. The Hall–Kier alpha value is -1.45. The fourth-order valence-electron chi connectivity index (χ4n) is 0.973. The maximum absolute atomic E-state index is 12.5. The van der Waals surface area contributed by atoms with Crippen molar-refractivity contribution in [3.05, 3.63) is 30.0 Å². The lowest BCUT2D eigenvalue weighted by molar-refractivity contribution is 0.614. The predicted molar refractivity (Wildman–Crippen MR) is 37.7 cm³/mol. The quantitative estimate of drug-likeness (QED) is 0.565. The van der Waals surface area contributed by atoms with Crippen molar-refractivity contribution in [1.29, 1.82) is 0 Å². The number of hydrogen-bond donors (Lipinski definition) is 0. The average Bonchev–Trinajstić information content (AvgIpc) is 2.27. The lowest BCUT2D eigenvalue weighted by Crippen LogP contribution is -1.89. The molecule has 0 amide bonds. The second-order valence-electron chi connectivity index (χ2n) is 2.36. The van der Waals surface area contributed by atoms with Crippen LogP contribution in [-0.4, -0.2) is 14.6 Å². The number of nitrogens with zero attached hydrogens (tertiary/aromatic N) is 3. The average molecular weight is 151 g/mol. The van der Waals surface area contributed by atoms with E-state index in [1.165, 1.54) is 6.07 Å². The maximum atomic E-state index is 12.5. The lowest BCUT2D eigenvalue weighted by Gasteiger charge is -1.88. The van der Waals surface area contributed by atoms with Crippen molar-refractivity contribution in [3.63, 3.8) is 0 Å². The van der Waals surface area contributed by atoms with E-state index in [0.717, 1.165) is 11.9 Å². The second kappa shape index (κ2) is 2.02. The third-order valence-electron chi connectivity index (χ3n) is 1.41. The first-order valence-corrected chi connectivity index (χ1v) is 3.23. The molecule has 3 nitrogen and oxygen atoms in total. The molecular weight excluding hydrogens is 145 g/mol. The van der Waals surface area contributed by atoms with Crippen LogP contribution < -0.4 is 0 Å². The van der Waals surface area contributed by atoms with E-state index in [1.54, 1.807) is 10.7 Å². The van der Waals surface area contributed by atoms with Crippen molar-refractivity contribution in [1.82, 2.24) is 14.6 Å². The van der Waals surface area contributed by atoms with Gasteiger partial charge in [-0.3, -0.25) is 0 Å². The summed E-state index contributed by atoms with van der Waals surface area (Å²) < 4.78 is 14.1. The predicted octanol–water partition coefficient (Wildman–Crippen LogP) is 1.18. The van der Waals surface area contributed by atoms with Crippen LogP contribution in [0.25, 0.3) is 5.65 Å². The molecule has 0 bridgehead atoms. The molecule has 0 radical (unpaired) electrons. The highest BCUT2D eigenvalue weighted by Gasteiger charge is 1.98. The van der Waals surface area contributed by atoms with E-state index in [0.29, 0.717) is 5.65 Å². The van der Waals surface area contributed by atoms with Crippen LogP contribution in [0, 0.1) is 12.7 Å². The number of imidazole rings is 1. The summed E-state index contributed by atoms with van der Waals surface area (Å²) in [5, 5.41) is 3.78. The summed E-state index contributed by atoms with van der Waals surface area (Å²) in [7, 11) is 0. The molecule has 2 rings (SSSR count). The Balaban J connectivity index is 2.82. The Labute approximate surface area is 62.5 Å². The standard InChI is InChI=1S/C7H6FN3/c1-5-4-11-7(10-5)2-6(8)3-9-11/h2-4H,1H3. The molecule has 0 aromatic carbocycles. The first-order chi connectivity index (χ1) is 5.25. The summed E-state index contributed by atoms with van der Waals surface area (Å²) in [4.78, 5) is 4.03. The fraction of sp³-hybridized carbons (Fsp3) is 0.143. The molecule has 11 heavy (non-hydrogen) atoms. The van der Waals surface area contributed by atoms with Crippen LogP contribution in [0.3, 0.4) is 0 Å². The Morgan fingerprint density at radius 2 is 2.36 bits per heavy atom. The number of aromatic nitrogens is 3. The minimum absolute atomic E-state index is 0.358. The second-order valence-corrected chi connectivity index (χ2v) is 2.36. The molecule has 0 aliphatic rings. The number of aryl methyl sites for hydroxylation is 1. The van der Waals surface area contributed by atoms with Crippen LogP contribution in [0.4, 0.5) is 4.39 Å². The highest BCUT2D eigenvalue weighted by atomic mass is 19.1. The highest BCUT2D eigenvalue weighted by molar-refractivity contribution is 5.37. The van der Waals surface area contributed by atoms with Gasteiger partial charge in [0.25, 0.3) is 0 Å². The minimum atomic E-state index is -0.358. The van der Waals surface area contributed by atoms with Crippen LogP contribution in [0.2, 0.25) is 0 Å². The third-order valence-corrected chi connectivity index (χ3v) is 1.41. The molecule has 0 unspecified atom stereocenters. The Bertz CT molecular complexity index is 393. The molecular formula is C7H6FN3. The topological polar surface area (TPSA) is 30.2 Å². The zero-order valence-corrected chi connectivity index (χ0v) is 5.95. The first-order valence-electron chi connectivity index (χ1n) is 3.23. The van der Waals surface area contributed by atoms with Gasteiger partial charge < -0.3 is 0 Å². The molecule has 0 N–H and O–H groups in total. The van der Waals surface area contributed by atoms with E-state index in [4.69, 9.17) is 0 Å². The van der Waals surface area contributed by atoms with Gasteiger partial charge in [0.1, 0.15) is 5.82 Å². The van der Waals surface area contributed by atoms with Gasteiger partial charge in [0.05, 0.1) is 18.1 Å². The summed E-state index contributed by atoms with van der Waals surface area (Å²) in [5.41, 5.74) is 1.38. The molecule has 2 aromatic rings. The fourth-order valence-corrected chi connectivity index (χ4v) is 0.973. The SMILES string of the molecule is Cc1cn2ncc(F)cc2n1. The van der Waals surface area contributed by atoms with Gasteiger partial charge in [-0.25, -0.2) is 13.9 Å². The lowest BCUT2D eigenvalue weighted by atomic mass is 10.5. The van der Waals surface area contributed by atoms with Gasteiger partial charge in [-0.15, -0.1) is 0 Å². The monoisotopic (exact) mass is 151 g/mol. The van der Waals surface area contributed by atoms with Crippen LogP contribution in [0.5, 0.6) is 0 Å². The molecule has 4 heteroatoms. The van der Waals surface area contributed by atoms with Crippen molar-refractivity contribution in [3.8, 4) is 0 Å². The van der Waals surface area contributed by atoms with Crippen molar-refractivity contribution >= 4 is 5.65 Å². The van der Waals surface area contributed by atoms with Crippen LogP contribution >= 0.6 is 0 Å². The van der Waals surface area contributed by atoms with Crippen LogP contribution in [0.1, 0.15) is 5.69 Å². The van der Waals surface area contributed by atoms with E-state index >= 15 is 0 Å². The van der Waals surface area contributed by atoms with Crippen molar-refractivity contribution in [2.75, 3.05) is 0 Å². The molecule has 2 aromatic heterocycles. The Morgan fingerprint density at radius 3 is 3.18 bits per heavy atom. The molecule has 0 aliphatic carbocycles. The van der Waals surface area contributed by atoms with Gasteiger partial charge in [0.2, 0.25) is 0 Å². The maximum Gasteiger partial charge on any atom is 0.156 e. The van der Waals surface area contributed by atoms with Gasteiger partial charge >= 0.3 is 0 Å². The van der Waals surface area contributed by atoms with Crippen LogP contribution in [0.15, 0.2) is 18.5 Å². The Morgan fingerprint density at radius 1 is 1.55 bits per heavy atom. The molecule has 2 heterocycles. The summed E-state index contributed by atoms with van der Waals surface area (Å²) >= 11 is 0. The minimum Gasteiger partial charge on any atom is -0.232 e. The highest BCUT2D eigenvalue weighted by Crippen LogP contribution is 2.03. The van der Waals surface area contributed by atoms with Crippen molar-refractivity contribution in [2.24, 2.45) is 0 Å². The first kappa shape index (κ1) is 6.27. The van der Waals surface area contributed by atoms with Gasteiger partial charge in [0, 0.05) is 6.07 Å². The van der Waals surface area contributed by atoms with E-state index < -0.39 is 0 Å². The molecule has 0 fully saturated rings. The van der Waals surface area contributed by atoms with Crippen LogP contribution in [-0.2, 0) is 0 Å². The zero-order valence-electron chi connectivity index (χ0n) is 5.95. The van der Waals surface area contributed by atoms with Gasteiger partial charge in [-0.2, -0.15) is 5.10 Å². The van der Waals surface area contributed by atoms with Gasteiger partial charge in [-0.1, -0.05) is 0 Å². The summed E-state index contributed by atoms with van der Waals surface area (Å²) in [5.74, 6) is -0.358.